The number of rotatable bonds is 6. The lowest BCUT2D eigenvalue weighted by molar-refractivity contribution is -0.142. The first-order valence-corrected chi connectivity index (χ1v) is 7.03. The maximum Gasteiger partial charge on any atom is 0.322 e. The second kappa shape index (κ2) is 6.14. The molecule has 2 N–H and O–H groups in total. The summed E-state index contributed by atoms with van der Waals surface area (Å²) in [7, 11) is -4.04. The van der Waals surface area contributed by atoms with Crippen molar-refractivity contribution >= 4 is 22.0 Å². The third-order valence-corrected chi connectivity index (χ3v) is 3.23. The summed E-state index contributed by atoms with van der Waals surface area (Å²) in [6.07, 6.45) is 0. The fraction of sp³-hybridized carbons (Fsp3) is 0.800. The van der Waals surface area contributed by atoms with Gasteiger partial charge in [-0.05, 0) is 12.3 Å². The Labute approximate surface area is 107 Å². The monoisotopic (exact) mass is 281 g/mol. The number of carboxylic acids is 1. The molecule has 0 aliphatic rings. The average Bonchev–Trinajstić information content (AvgIpc) is 2.11. The molecule has 0 aromatic rings. The van der Waals surface area contributed by atoms with Crippen molar-refractivity contribution < 1.29 is 27.9 Å². The Morgan fingerprint density at radius 2 is 1.83 bits per heavy atom. The van der Waals surface area contributed by atoms with E-state index in [-0.39, 0.29) is 6.61 Å². The van der Waals surface area contributed by atoms with E-state index in [2.05, 4.69) is 4.74 Å². The molecule has 0 aromatic carbocycles. The Balaban J connectivity index is 4.84. The first-order valence-electron chi connectivity index (χ1n) is 5.38. The van der Waals surface area contributed by atoms with Crippen molar-refractivity contribution in [2.75, 3.05) is 12.4 Å². The van der Waals surface area contributed by atoms with Crippen LogP contribution in [0.2, 0.25) is 0 Å². The maximum absolute atomic E-state index is 11.6. The summed E-state index contributed by atoms with van der Waals surface area (Å²) in [5.74, 6) is -3.10. The summed E-state index contributed by atoms with van der Waals surface area (Å²) >= 11 is 0. The zero-order chi connectivity index (χ0) is 14.6. The highest BCUT2D eigenvalue weighted by atomic mass is 32.2. The molecule has 0 radical (unpaired) electrons. The second-order valence-corrected chi connectivity index (χ2v) is 6.57. The number of carbonyl (C=O) groups is 2. The van der Waals surface area contributed by atoms with Gasteiger partial charge in [-0.1, -0.05) is 20.8 Å². The van der Waals surface area contributed by atoms with Crippen LogP contribution in [-0.2, 0) is 24.3 Å². The molecule has 0 aliphatic carbocycles. The molecule has 0 rings (SSSR count). The molecule has 0 spiro atoms. The van der Waals surface area contributed by atoms with E-state index in [1.54, 1.807) is 27.7 Å². The van der Waals surface area contributed by atoms with Crippen LogP contribution in [0.25, 0.3) is 0 Å². The minimum Gasteiger partial charge on any atom is -0.480 e. The molecule has 0 aliphatic heterocycles. The Kier molecular flexibility index (Phi) is 5.75. The van der Waals surface area contributed by atoms with E-state index in [1.165, 1.54) is 0 Å². The summed E-state index contributed by atoms with van der Waals surface area (Å²) in [5, 5.41) is 8.97. The largest absolute Gasteiger partial charge is 0.480 e. The van der Waals surface area contributed by atoms with Crippen molar-refractivity contribution in [2.24, 2.45) is 5.41 Å². The van der Waals surface area contributed by atoms with Gasteiger partial charge in [-0.25, -0.2) is 8.42 Å². The topological polar surface area (TPSA) is 110 Å². The van der Waals surface area contributed by atoms with Crippen LogP contribution in [0.1, 0.15) is 27.7 Å². The van der Waals surface area contributed by atoms with E-state index in [4.69, 9.17) is 5.11 Å². The van der Waals surface area contributed by atoms with Gasteiger partial charge in [0, 0.05) is 0 Å². The highest BCUT2D eigenvalue weighted by Gasteiger charge is 2.35. The van der Waals surface area contributed by atoms with Gasteiger partial charge in [0.15, 0.2) is 5.75 Å². The van der Waals surface area contributed by atoms with Gasteiger partial charge in [0.05, 0.1) is 6.61 Å². The van der Waals surface area contributed by atoms with Crippen LogP contribution in [0.4, 0.5) is 0 Å². The highest BCUT2D eigenvalue weighted by Crippen LogP contribution is 2.20. The van der Waals surface area contributed by atoms with Crippen molar-refractivity contribution in [3.63, 3.8) is 0 Å². The molecule has 0 bridgehead atoms. The highest BCUT2D eigenvalue weighted by molar-refractivity contribution is 7.90. The summed E-state index contributed by atoms with van der Waals surface area (Å²) in [4.78, 5) is 22.1. The van der Waals surface area contributed by atoms with Gasteiger partial charge in [0.2, 0.25) is 10.0 Å². The molecule has 0 fully saturated rings. The number of carbonyl (C=O) groups excluding carboxylic acids is 1. The zero-order valence-electron chi connectivity index (χ0n) is 10.9. The van der Waals surface area contributed by atoms with Crippen LogP contribution >= 0.6 is 0 Å². The fourth-order valence-corrected chi connectivity index (χ4v) is 2.47. The van der Waals surface area contributed by atoms with Crippen LogP contribution in [0.3, 0.4) is 0 Å². The Morgan fingerprint density at radius 1 is 1.33 bits per heavy atom. The number of hydrogen-bond acceptors (Lipinski definition) is 5. The summed E-state index contributed by atoms with van der Waals surface area (Å²) < 4.78 is 29.7. The molecule has 0 saturated carbocycles. The molecule has 0 amide bonds. The number of aliphatic carboxylic acids is 1. The molecule has 1 atom stereocenters. The van der Waals surface area contributed by atoms with Crippen LogP contribution < -0.4 is 4.72 Å². The first kappa shape index (κ1) is 16.9. The van der Waals surface area contributed by atoms with Crippen LogP contribution in [0.15, 0.2) is 0 Å². The lowest BCUT2D eigenvalue weighted by Gasteiger charge is -2.27. The van der Waals surface area contributed by atoms with Crippen molar-refractivity contribution in [2.45, 2.75) is 33.7 Å². The van der Waals surface area contributed by atoms with Gasteiger partial charge in [0.25, 0.3) is 0 Å². The number of esters is 1. The van der Waals surface area contributed by atoms with Crippen LogP contribution in [0, 0.1) is 5.41 Å². The number of hydrogen-bond donors (Lipinski definition) is 2. The lowest BCUT2D eigenvalue weighted by atomic mass is 9.88. The minimum absolute atomic E-state index is 0.0655. The third kappa shape index (κ3) is 5.97. The molecule has 106 valence electrons. The van der Waals surface area contributed by atoms with Gasteiger partial charge < -0.3 is 9.84 Å². The molecule has 8 heteroatoms. The molecule has 7 nitrogen and oxygen atoms in total. The van der Waals surface area contributed by atoms with Gasteiger partial charge in [-0.15, -0.1) is 0 Å². The lowest BCUT2D eigenvalue weighted by Crippen LogP contribution is -2.50. The van der Waals surface area contributed by atoms with E-state index in [0.717, 1.165) is 0 Å². The Morgan fingerprint density at radius 3 is 2.17 bits per heavy atom. The van der Waals surface area contributed by atoms with Crippen molar-refractivity contribution in [3.8, 4) is 0 Å². The molecule has 0 saturated heterocycles. The average molecular weight is 281 g/mol. The Bertz CT molecular complexity index is 409. The number of nitrogens with one attached hydrogen (secondary N) is 1. The molecular formula is C10H19NO6S. The van der Waals surface area contributed by atoms with E-state index in [1.807, 2.05) is 4.72 Å². The number of ether oxygens (including phenoxy) is 1. The zero-order valence-corrected chi connectivity index (χ0v) is 11.7. The van der Waals surface area contributed by atoms with Crippen molar-refractivity contribution in [3.05, 3.63) is 0 Å². The normalized spacial score (nSPS) is 14.0. The standard InChI is InChI=1S/C10H19NO6S/c1-5-17-7(12)6-18(15,16)11-8(9(13)14)10(2,3)4/h8,11H,5-6H2,1-4H3,(H,13,14). The number of carboxylic acid groups (broad SMARTS) is 1. The molecule has 18 heavy (non-hydrogen) atoms. The molecule has 0 heterocycles. The van der Waals surface area contributed by atoms with E-state index in [9.17, 15) is 18.0 Å². The van der Waals surface area contributed by atoms with E-state index < -0.39 is 39.2 Å². The SMILES string of the molecule is CCOC(=O)CS(=O)(=O)NC(C(=O)O)C(C)(C)C. The summed E-state index contributed by atoms with van der Waals surface area (Å²) in [6, 6.07) is -1.31. The number of sulfonamides is 1. The van der Waals surface area contributed by atoms with Crippen LogP contribution in [0.5, 0.6) is 0 Å². The summed E-state index contributed by atoms with van der Waals surface area (Å²) in [5.41, 5.74) is -0.812. The van der Waals surface area contributed by atoms with Crippen molar-refractivity contribution in [1.29, 1.82) is 0 Å². The Hall–Kier alpha value is -1.15. The predicted octanol–water partition coefficient (Wildman–Crippen LogP) is -0.0318. The van der Waals surface area contributed by atoms with E-state index in [0.29, 0.717) is 0 Å². The van der Waals surface area contributed by atoms with Crippen LogP contribution in [-0.4, -0.2) is 43.9 Å². The van der Waals surface area contributed by atoms with Gasteiger partial charge in [0.1, 0.15) is 6.04 Å². The van der Waals surface area contributed by atoms with Gasteiger partial charge in [-0.3, -0.25) is 9.59 Å². The molecule has 1 unspecified atom stereocenters. The van der Waals surface area contributed by atoms with Gasteiger partial charge >= 0.3 is 11.9 Å². The first-order chi connectivity index (χ1) is 7.99. The van der Waals surface area contributed by atoms with E-state index >= 15 is 0 Å². The second-order valence-electron chi connectivity index (χ2n) is 4.82. The minimum atomic E-state index is -4.04. The van der Waals surface area contributed by atoms with Crippen molar-refractivity contribution in [1.82, 2.24) is 4.72 Å². The predicted molar refractivity (Wildman–Crippen MR) is 64.4 cm³/mol. The summed E-state index contributed by atoms with van der Waals surface area (Å²) in [6.45, 7) is 6.36. The smallest absolute Gasteiger partial charge is 0.322 e. The molecular weight excluding hydrogens is 262 g/mol. The molecule has 0 aromatic heterocycles. The van der Waals surface area contributed by atoms with Gasteiger partial charge in [-0.2, -0.15) is 4.72 Å². The maximum atomic E-state index is 11.6. The quantitative estimate of drug-likeness (QED) is 0.661. The third-order valence-electron chi connectivity index (χ3n) is 2.02. The fourth-order valence-electron chi connectivity index (χ4n) is 1.18.